The lowest BCUT2D eigenvalue weighted by Crippen LogP contribution is -2.19. The molecule has 0 amide bonds. The van der Waals surface area contributed by atoms with Gasteiger partial charge in [-0.1, -0.05) is 23.8 Å². The maximum Gasteiger partial charge on any atom is 0.250 e. The molecule has 0 saturated heterocycles. The molecule has 0 N–H and O–H groups in total. The molecule has 0 aliphatic rings. The molecule has 0 aliphatic carbocycles. The van der Waals surface area contributed by atoms with E-state index in [9.17, 15) is 4.79 Å². The Hall–Kier alpha value is -2.03. The number of hydrogen-bond donors (Lipinski definition) is 0. The summed E-state index contributed by atoms with van der Waals surface area (Å²) < 4.78 is 7.37. The van der Waals surface area contributed by atoms with Crippen LogP contribution in [0.25, 0.3) is 0 Å². The summed E-state index contributed by atoms with van der Waals surface area (Å²) in [7, 11) is 0. The highest BCUT2D eigenvalue weighted by Gasteiger charge is 1.97. The Morgan fingerprint density at radius 3 is 2.42 bits per heavy atom. The summed E-state index contributed by atoms with van der Waals surface area (Å²) in [6.07, 6.45) is 2.70. The maximum absolute atomic E-state index is 11.6. The van der Waals surface area contributed by atoms with E-state index in [0.29, 0.717) is 13.2 Å². The van der Waals surface area contributed by atoms with Crippen molar-refractivity contribution in [1.29, 1.82) is 0 Å². The minimum atomic E-state index is 0.0425. The Kier molecular flexibility index (Phi) is 4.39. The number of ether oxygens (including phenoxy) is 1. The normalized spacial score (nSPS) is 10.4. The monoisotopic (exact) mass is 257 g/mol. The second kappa shape index (κ2) is 6.23. The lowest BCUT2D eigenvalue weighted by molar-refractivity contribution is 0.301. The molecule has 0 saturated carbocycles. The third-order valence-electron chi connectivity index (χ3n) is 2.96. The summed E-state index contributed by atoms with van der Waals surface area (Å²) in [5, 5.41) is 0. The number of hydrogen-bond acceptors (Lipinski definition) is 2. The molecule has 0 aliphatic heterocycles. The van der Waals surface area contributed by atoms with Crippen LogP contribution in [0, 0.1) is 13.8 Å². The molecule has 2 aromatic rings. The summed E-state index contributed by atoms with van der Waals surface area (Å²) in [6, 6.07) is 11.4. The quantitative estimate of drug-likeness (QED) is 0.771. The van der Waals surface area contributed by atoms with Crippen LogP contribution in [0.15, 0.2) is 47.4 Å². The van der Waals surface area contributed by atoms with Crippen LogP contribution in [-0.4, -0.2) is 11.2 Å². The van der Waals surface area contributed by atoms with Crippen molar-refractivity contribution in [2.24, 2.45) is 0 Å². The summed E-state index contributed by atoms with van der Waals surface area (Å²) in [6.45, 7) is 5.34. The zero-order chi connectivity index (χ0) is 13.7. The van der Waals surface area contributed by atoms with Crippen molar-refractivity contribution in [3.05, 3.63) is 64.1 Å². The minimum Gasteiger partial charge on any atom is -0.494 e. The molecule has 2 rings (SSSR count). The molecule has 1 heterocycles. The molecular formula is C16H19NO2. The average Bonchev–Trinajstić information content (AvgIpc) is 2.40. The molecule has 3 nitrogen and oxygen atoms in total. The standard InChI is InChI=1S/C16H19NO2/c1-13-4-7-15(8-5-13)19-11-3-10-17-12-14(2)6-9-16(17)18/h4-9,12H,3,10-11H2,1-2H3. The van der Waals surface area contributed by atoms with Crippen LogP contribution < -0.4 is 10.3 Å². The Bertz CT molecular complexity index is 584. The molecule has 1 aromatic heterocycles. The molecule has 19 heavy (non-hydrogen) atoms. The van der Waals surface area contributed by atoms with Gasteiger partial charge in [-0.2, -0.15) is 0 Å². The average molecular weight is 257 g/mol. The molecule has 0 spiro atoms. The molecule has 0 unspecified atom stereocenters. The van der Waals surface area contributed by atoms with E-state index in [-0.39, 0.29) is 5.56 Å². The highest BCUT2D eigenvalue weighted by molar-refractivity contribution is 5.26. The third-order valence-corrected chi connectivity index (χ3v) is 2.96. The van der Waals surface area contributed by atoms with Crippen molar-refractivity contribution in [3.63, 3.8) is 0 Å². The number of aromatic nitrogens is 1. The Morgan fingerprint density at radius 1 is 1.00 bits per heavy atom. The highest BCUT2D eigenvalue weighted by atomic mass is 16.5. The fraction of sp³-hybridized carbons (Fsp3) is 0.312. The van der Waals surface area contributed by atoms with Gasteiger partial charge >= 0.3 is 0 Å². The van der Waals surface area contributed by atoms with Gasteiger partial charge in [0.25, 0.3) is 5.56 Å². The van der Waals surface area contributed by atoms with Gasteiger partial charge in [-0.3, -0.25) is 4.79 Å². The van der Waals surface area contributed by atoms with E-state index in [1.54, 1.807) is 10.6 Å². The van der Waals surface area contributed by atoms with Gasteiger partial charge < -0.3 is 9.30 Å². The molecule has 100 valence electrons. The SMILES string of the molecule is Cc1ccc(OCCCn2cc(C)ccc2=O)cc1. The lowest BCUT2D eigenvalue weighted by Gasteiger charge is -2.08. The molecular weight excluding hydrogens is 238 g/mol. The van der Waals surface area contributed by atoms with Crippen LogP contribution in [0.1, 0.15) is 17.5 Å². The smallest absolute Gasteiger partial charge is 0.250 e. The second-order valence-electron chi connectivity index (χ2n) is 4.75. The van der Waals surface area contributed by atoms with Gasteiger partial charge in [-0.25, -0.2) is 0 Å². The van der Waals surface area contributed by atoms with Crippen LogP contribution in [0.5, 0.6) is 5.75 Å². The summed E-state index contributed by atoms with van der Waals surface area (Å²) in [5.41, 5.74) is 2.36. The van der Waals surface area contributed by atoms with Crippen molar-refractivity contribution in [3.8, 4) is 5.75 Å². The Balaban J connectivity index is 1.82. The number of rotatable bonds is 5. The van der Waals surface area contributed by atoms with Crippen molar-refractivity contribution < 1.29 is 4.74 Å². The Labute approximate surface area is 113 Å². The molecule has 0 fully saturated rings. The highest BCUT2D eigenvalue weighted by Crippen LogP contribution is 2.11. The van der Waals surface area contributed by atoms with Gasteiger partial charge in [0.2, 0.25) is 0 Å². The van der Waals surface area contributed by atoms with Crippen LogP contribution in [0.4, 0.5) is 0 Å². The first-order valence-electron chi connectivity index (χ1n) is 6.52. The first-order valence-corrected chi connectivity index (χ1v) is 6.52. The zero-order valence-electron chi connectivity index (χ0n) is 11.4. The number of pyridine rings is 1. The van der Waals surface area contributed by atoms with E-state index in [4.69, 9.17) is 4.74 Å². The molecule has 0 bridgehead atoms. The van der Waals surface area contributed by atoms with Gasteiger partial charge in [0.15, 0.2) is 0 Å². The molecule has 1 aromatic carbocycles. The first kappa shape index (κ1) is 13.4. The maximum atomic E-state index is 11.6. The number of benzene rings is 1. The fourth-order valence-corrected chi connectivity index (χ4v) is 1.89. The number of nitrogens with zero attached hydrogens (tertiary/aromatic N) is 1. The predicted molar refractivity (Wildman–Crippen MR) is 76.7 cm³/mol. The van der Waals surface area contributed by atoms with E-state index in [1.807, 2.05) is 50.4 Å². The van der Waals surface area contributed by atoms with Crippen LogP contribution >= 0.6 is 0 Å². The van der Waals surface area contributed by atoms with Gasteiger partial charge in [-0.05, 0) is 38.0 Å². The molecule has 3 heteroatoms. The van der Waals surface area contributed by atoms with Crippen molar-refractivity contribution >= 4 is 0 Å². The zero-order valence-corrected chi connectivity index (χ0v) is 11.4. The van der Waals surface area contributed by atoms with E-state index >= 15 is 0 Å². The van der Waals surface area contributed by atoms with Gasteiger partial charge in [-0.15, -0.1) is 0 Å². The second-order valence-corrected chi connectivity index (χ2v) is 4.75. The lowest BCUT2D eigenvalue weighted by atomic mass is 10.2. The minimum absolute atomic E-state index is 0.0425. The van der Waals surface area contributed by atoms with Crippen molar-refractivity contribution in [2.75, 3.05) is 6.61 Å². The van der Waals surface area contributed by atoms with Crippen molar-refractivity contribution in [1.82, 2.24) is 4.57 Å². The first-order chi connectivity index (χ1) is 9.15. The predicted octanol–water partition coefficient (Wildman–Crippen LogP) is 2.93. The molecule has 0 radical (unpaired) electrons. The number of aryl methyl sites for hydroxylation is 3. The van der Waals surface area contributed by atoms with Gasteiger partial charge in [0, 0.05) is 18.8 Å². The third kappa shape index (κ3) is 3.98. The largest absolute Gasteiger partial charge is 0.494 e. The van der Waals surface area contributed by atoms with E-state index in [2.05, 4.69) is 0 Å². The van der Waals surface area contributed by atoms with E-state index in [0.717, 1.165) is 17.7 Å². The van der Waals surface area contributed by atoms with Gasteiger partial charge in [0.1, 0.15) is 5.75 Å². The molecule has 0 atom stereocenters. The van der Waals surface area contributed by atoms with Crippen LogP contribution in [0.3, 0.4) is 0 Å². The van der Waals surface area contributed by atoms with Crippen LogP contribution in [-0.2, 0) is 6.54 Å². The topological polar surface area (TPSA) is 31.2 Å². The van der Waals surface area contributed by atoms with E-state index < -0.39 is 0 Å². The summed E-state index contributed by atoms with van der Waals surface area (Å²) in [4.78, 5) is 11.6. The summed E-state index contributed by atoms with van der Waals surface area (Å²) >= 11 is 0. The van der Waals surface area contributed by atoms with E-state index in [1.165, 1.54) is 5.56 Å². The fourth-order valence-electron chi connectivity index (χ4n) is 1.89. The summed E-state index contributed by atoms with van der Waals surface area (Å²) in [5.74, 6) is 0.877. The van der Waals surface area contributed by atoms with Gasteiger partial charge in [0.05, 0.1) is 6.61 Å². The van der Waals surface area contributed by atoms with Crippen molar-refractivity contribution in [2.45, 2.75) is 26.8 Å². The van der Waals surface area contributed by atoms with Crippen LogP contribution in [0.2, 0.25) is 0 Å². The Morgan fingerprint density at radius 2 is 1.68 bits per heavy atom.